The van der Waals surface area contributed by atoms with Crippen LogP contribution in [-0.2, 0) is 20.3 Å². The summed E-state index contributed by atoms with van der Waals surface area (Å²) >= 11 is 0. The lowest BCUT2D eigenvalue weighted by molar-refractivity contribution is 0.122. The first-order valence-electron chi connectivity index (χ1n) is 6.92. The quantitative estimate of drug-likeness (QED) is 0.833. The second-order valence-corrected chi connectivity index (χ2v) is 7.36. The number of morpholine rings is 1. The van der Waals surface area contributed by atoms with Crippen LogP contribution < -0.4 is 4.90 Å². The van der Waals surface area contributed by atoms with Crippen LogP contribution in [0.5, 0.6) is 0 Å². The summed E-state index contributed by atoms with van der Waals surface area (Å²) in [5.74, 6) is 1.07. The van der Waals surface area contributed by atoms with Gasteiger partial charge in [0.05, 0.1) is 36.5 Å². The van der Waals surface area contributed by atoms with Crippen LogP contribution in [0.1, 0.15) is 5.69 Å². The smallest absolute Gasteiger partial charge is 0.165 e. The van der Waals surface area contributed by atoms with Crippen molar-refractivity contribution < 1.29 is 17.6 Å². The van der Waals surface area contributed by atoms with Gasteiger partial charge >= 0.3 is 0 Å². The second kappa shape index (κ2) is 6.05. The summed E-state index contributed by atoms with van der Waals surface area (Å²) < 4.78 is 33.5. The molecule has 0 aromatic carbocycles. The molecule has 0 saturated carbocycles. The van der Waals surface area contributed by atoms with Crippen LogP contribution in [0.2, 0.25) is 0 Å². The van der Waals surface area contributed by atoms with Gasteiger partial charge in [-0.25, -0.2) is 18.4 Å². The number of furan rings is 1. The van der Waals surface area contributed by atoms with E-state index in [1.54, 1.807) is 18.4 Å². The van der Waals surface area contributed by atoms with Gasteiger partial charge in [-0.2, -0.15) is 0 Å². The second-order valence-electron chi connectivity index (χ2n) is 5.22. The molecule has 0 spiro atoms. The topological polar surface area (TPSA) is 85.5 Å². The largest absolute Gasteiger partial charge is 0.472 e. The van der Waals surface area contributed by atoms with Crippen molar-refractivity contribution in [1.82, 2.24) is 9.97 Å². The summed E-state index contributed by atoms with van der Waals surface area (Å²) in [6.07, 6.45) is 4.28. The van der Waals surface area contributed by atoms with Gasteiger partial charge in [0.15, 0.2) is 15.7 Å². The highest BCUT2D eigenvalue weighted by Crippen LogP contribution is 2.22. The van der Waals surface area contributed by atoms with Gasteiger partial charge in [0.2, 0.25) is 0 Å². The number of hydrogen-bond donors (Lipinski definition) is 0. The van der Waals surface area contributed by atoms with Gasteiger partial charge in [0, 0.05) is 25.4 Å². The first kappa shape index (κ1) is 15.0. The molecule has 0 atom stereocenters. The monoisotopic (exact) mass is 323 g/mol. The summed E-state index contributed by atoms with van der Waals surface area (Å²) in [7, 11) is -3.17. The lowest BCUT2D eigenvalue weighted by Gasteiger charge is -2.28. The normalized spacial score (nSPS) is 16.0. The molecule has 0 unspecified atom stereocenters. The number of aromatic nitrogens is 2. The molecule has 8 heteroatoms. The molecular weight excluding hydrogens is 306 g/mol. The number of ether oxygens (including phenoxy) is 1. The maximum atomic E-state index is 11.6. The third-order valence-electron chi connectivity index (χ3n) is 3.29. The van der Waals surface area contributed by atoms with Crippen LogP contribution >= 0.6 is 0 Å². The fourth-order valence-corrected chi connectivity index (χ4v) is 2.99. The molecule has 3 heterocycles. The van der Waals surface area contributed by atoms with E-state index in [9.17, 15) is 8.42 Å². The van der Waals surface area contributed by atoms with Gasteiger partial charge in [-0.05, 0) is 6.07 Å². The van der Waals surface area contributed by atoms with E-state index in [0.717, 1.165) is 18.7 Å². The molecule has 0 aliphatic carbocycles. The van der Waals surface area contributed by atoms with Crippen LogP contribution in [-0.4, -0.2) is 50.9 Å². The zero-order chi connectivity index (χ0) is 15.6. The molecule has 0 N–H and O–H groups in total. The minimum atomic E-state index is -3.17. The number of sulfone groups is 1. The maximum absolute atomic E-state index is 11.6. The number of hydrogen-bond acceptors (Lipinski definition) is 7. The average molecular weight is 323 g/mol. The summed E-state index contributed by atoms with van der Waals surface area (Å²) in [6, 6.07) is 3.48. The Morgan fingerprint density at radius 3 is 2.68 bits per heavy atom. The van der Waals surface area contributed by atoms with Crippen molar-refractivity contribution in [2.24, 2.45) is 0 Å². The predicted octanol–water partition coefficient (Wildman–Crippen LogP) is 1.12. The fraction of sp³-hybridized carbons (Fsp3) is 0.429. The average Bonchev–Trinajstić information content (AvgIpc) is 3.00. The van der Waals surface area contributed by atoms with Crippen molar-refractivity contribution in [3.63, 3.8) is 0 Å². The molecule has 0 radical (unpaired) electrons. The molecule has 1 aliphatic heterocycles. The molecule has 0 amide bonds. The van der Waals surface area contributed by atoms with Gasteiger partial charge in [-0.3, -0.25) is 0 Å². The SMILES string of the molecule is CS(=O)(=O)Cc1cc(N2CCOCC2)nc(-c2ccoc2)n1. The van der Waals surface area contributed by atoms with E-state index >= 15 is 0 Å². The van der Waals surface area contributed by atoms with Crippen LogP contribution in [0.25, 0.3) is 11.4 Å². The van der Waals surface area contributed by atoms with Gasteiger partial charge in [-0.1, -0.05) is 0 Å². The first-order valence-corrected chi connectivity index (χ1v) is 8.98. The van der Waals surface area contributed by atoms with E-state index in [-0.39, 0.29) is 5.75 Å². The molecule has 22 heavy (non-hydrogen) atoms. The molecule has 1 saturated heterocycles. The van der Waals surface area contributed by atoms with E-state index in [1.807, 2.05) is 0 Å². The molecule has 3 rings (SSSR count). The predicted molar refractivity (Wildman–Crippen MR) is 81.3 cm³/mol. The van der Waals surface area contributed by atoms with Gasteiger partial charge in [0.25, 0.3) is 0 Å². The van der Waals surface area contributed by atoms with Gasteiger partial charge in [0.1, 0.15) is 12.1 Å². The minimum absolute atomic E-state index is 0.113. The standard InChI is InChI=1S/C14H17N3O4S/c1-22(18,19)10-12-8-13(17-3-6-20-7-4-17)16-14(15-12)11-2-5-21-9-11/h2,5,8-9H,3-4,6-7,10H2,1H3. The van der Waals surface area contributed by atoms with E-state index in [1.165, 1.54) is 12.5 Å². The van der Waals surface area contributed by atoms with Crippen LogP contribution in [0.3, 0.4) is 0 Å². The first-order chi connectivity index (χ1) is 10.5. The maximum Gasteiger partial charge on any atom is 0.165 e. The van der Waals surface area contributed by atoms with Crippen molar-refractivity contribution in [3.8, 4) is 11.4 Å². The number of anilines is 1. The molecule has 2 aromatic rings. The van der Waals surface area contributed by atoms with Crippen molar-refractivity contribution in [1.29, 1.82) is 0 Å². The Morgan fingerprint density at radius 2 is 2.05 bits per heavy atom. The Morgan fingerprint density at radius 1 is 1.27 bits per heavy atom. The van der Waals surface area contributed by atoms with Crippen molar-refractivity contribution >= 4 is 15.7 Å². The molecular formula is C14H17N3O4S. The Kier molecular flexibility index (Phi) is 4.12. The summed E-state index contributed by atoms with van der Waals surface area (Å²) in [5, 5.41) is 0. The summed E-state index contributed by atoms with van der Waals surface area (Å²) in [5.41, 5.74) is 1.21. The fourth-order valence-electron chi connectivity index (χ4n) is 2.30. The molecule has 1 aliphatic rings. The zero-order valence-electron chi connectivity index (χ0n) is 12.2. The lowest BCUT2D eigenvalue weighted by atomic mass is 10.3. The molecule has 7 nitrogen and oxygen atoms in total. The molecule has 1 fully saturated rings. The highest BCUT2D eigenvalue weighted by Gasteiger charge is 2.17. The Hall–Kier alpha value is -1.93. The van der Waals surface area contributed by atoms with Crippen molar-refractivity contribution in [2.75, 3.05) is 37.5 Å². The molecule has 118 valence electrons. The number of nitrogens with zero attached hydrogens (tertiary/aromatic N) is 3. The molecule has 2 aromatic heterocycles. The van der Waals surface area contributed by atoms with E-state index in [2.05, 4.69) is 14.9 Å². The highest BCUT2D eigenvalue weighted by atomic mass is 32.2. The lowest BCUT2D eigenvalue weighted by Crippen LogP contribution is -2.37. The summed E-state index contributed by atoms with van der Waals surface area (Å²) in [4.78, 5) is 11.0. The van der Waals surface area contributed by atoms with Crippen LogP contribution in [0, 0.1) is 0 Å². The van der Waals surface area contributed by atoms with Crippen molar-refractivity contribution in [3.05, 3.63) is 30.4 Å². The zero-order valence-corrected chi connectivity index (χ0v) is 13.0. The van der Waals surface area contributed by atoms with Crippen LogP contribution in [0.4, 0.5) is 5.82 Å². The van der Waals surface area contributed by atoms with Gasteiger partial charge < -0.3 is 14.1 Å². The van der Waals surface area contributed by atoms with Gasteiger partial charge in [-0.15, -0.1) is 0 Å². The Balaban J connectivity index is 2.01. The minimum Gasteiger partial charge on any atom is -0.472 e. The highest BCUT2D eigenvalue weighted by molar-refractivity contribution is 7.89. The van der Waals surface area contributed by atoms with Crippen LogP contribution in [0.15, 0.2) is 29.1 Å². The van der Waals surface area contributed by atoms with E-state index in [4.69, 9.17) is 9.15 Å². The van der Waals surface area contributed by atoms with E-state index in [0.29, 0.717) is 30.5 Å². The summed E-state index contributed by atoms with van der Waals surface area (Å²) in [6.45, 7) is 2.71. The third-order valence-corrected chi connectivity index (χ3v) is 4.11. The van der Waals surface area contributed by atoms with Crippen molar-refractivity contribution in [2.45, 2.75) is 5.75 Å². The number of rotatable bonds is 4. The Labute approximate surface area is 128 Å². The third kappa shape index (κ3) is 3.63. The Bertz CT molecular complexity index is 737. The van der Waals surface area contributed by atoms with E-state index < -0.39 is 9.84 Å². The molecule has 0 bridgehead atoms.